The van der Waals surface area contributed by atoms with Crippen molar-refractivity contribution in [2.75, 3.05) is 39.5 Å². The molecule has 2 aromatic heterocycles. The fraction of sp³-hybridized carbons (Fsp3) is 0.600. The molecule has 0 saturated carbocycles. The number of furan rings is 1. The van der Waals surface area contributed by atoms with Gasteiger partial charge in [0.05, 0.1) is 31.9 Å². The third-order valence-corrected chi connectivity index (χ3v) is 4.21. The van der Waals surface area contributed by atoms with Crippen LogP contribution in [-0.2, 0) is 16.0 Å². The maximum Gasteiger partial charge on any atom is 0.184 e. The number of H-pyrrole nitrogens is 1. The summed E-state index contributed by atoms with van der Waals surface area (Å²) in [6, 6.07) is 2.02. The van der Waals surface area contributed by atoms with E-state index in [0.29, 0.717) is 11.7 Å². The molecule has 0 aliphatic carbocycles. The van der Waals surface area contributed by atoms with Gasteiger partial charge in [-0.15, -0.1) is 0 Å². The van der Waals surface area contributed by atoms with Gasteiger partial charge in [0.25, 0.3) is 0 Å². The number of aromatic nitrogens is 3. The summed E-state index contributed by atoms with van der Waals surface area (Å²) < 4.78 is 16.4. The van der Waals surface area contributed by atoms with Crippen molar-refractivity contribution in [1.29, 1.82) is 0 Å². The van der Waals surface area contributed by atoms with Crippen LogP contribution in [0.1, 0.15) is 23.9 Å². The number of morpholine rings is 1. The third-order valence-electron chi connectivity index (χ3n) is 4.21. The van der Waals surface area contributed by atoms with Gasteiger partial charge in [-0.25, -0.2) is 4.98 Å². The highest BCUT2D eigenvalue weighted by Crippen LogP contribution is 2.25. The molecule has 2 fully saturated rings. The van der Waals surface area contributed by atoms with Gasteiger partial charge in [-0.3, -0.25) is 10.00 Å². The second kappa shape index (κ2) is 6.20. The molecule has 22 heavy (non-hydrogen) atoms. The Labute approximate surface area is 128 Å². The monoisotopic (exact) mass is 304 g/mol. The van der Waals surface area contributed by atoms with E-state index in [-0.39, 0.29) is 0 Å². The molecule has 1 atom stereocenters. The number of aromatic amines is 1. The second-order valence-electron chi connectivity index (χ2n) is 5.79. The SMILES string of the molecule is c1oc(CN2CCOCC2)cc1-c1n[nH]c([C@@H]2CCOC2)n1. The summed E-state index contributed by atoms with van der Waals surface area (Å²) in [4.78, 5) is 6.91. The van der Waals surface area contributed by atoms with Gasteiger partial charge in [0.15, 0.2) is 5.82 Å². The summed E-state index contributed by atoms with van der Waals surface area (Å²) in [7, 11) is 0. The summed E-state index contributed by atoms with van der Waals surface area (Å²) in [5, 5.41) is 7.33. The number of hydrogen-bond donors (Lipinski definition) is 1. The van der Waals surface area contributed by atoms with Crippen molar-refractivity contribution in [3.05, 3.63) is 23.9 Å². The van der Waals surface area contributed by atoms with Crippen molar-refractivity contribution in [3.8, 4) is 11.4 Å². The van der Waals surface area contributed by atoms with Gasteiger partial charge in [0.1, 0.15) is 17.8 Å². The molecule has 7 heteroatoms. The highest BCUT2D eigenvalue weighted by atomic mass is 16.5. The predicted octanol–water partition coefficient (Wildman–Crippen LogP) is 1.40. The lowest BCUT2D eigenvalue weighted by molar-refractivity contribution is 0.0313. The zero-order valence-electron chi connectivity index (χ0n) is 12.5. The normalized spacial score (nSPS) is 23.2. The quantitative estimate of drug-likeness (QED) is 0.920. The van der Waals surface area contributed by atoms with Crippen LogP contribution in [0.5, 0.6) is 0 Å². The number of hydrogen-bond acceptors (Lipinski definition) is 6. The Morgan fingerprint density at radius 1 is 1.23 bits per heavy atom. The standard InChI is InChI=1S/C15H20N4O3/c1-4-21-9-11(1)14-16-15(18-17-14)12-7-13(22-10-12)8-19-2-5-20-6-3-19/h7,10-11H,1-6,8-9H2,(H,16,17,18)/t11-/m1/s1. The molecule has 0 unspecified atom stereocenters. The van der Waals surface area contributed by atoms with Crippen molar-refractivity contribution >= 4 is 0 Å². The zero-order chi connectivity index (χ0) is 14.8. The largest absolute Gasteiger partial charge is 0.467 e. The van der Waals surface area contributed by atoms with Crippen LogP contribution in [0.4, 0.5) is 0 Å². The Hall–Kier alpha value is -1.70. The molecule has 0 spiro atoms. The molecule has 0 amide bonds. The van der Waals surface area contributed by atoms with Crippen LogP contribution in [0.25, 0.3) is 11.4 Å². The maximum absolute atomic E-state index is 5.66. The van der Waals surface area contributed by atoms with E-state index >= 15 is 0 Å². The zero-order valence-corrected chi connectivity index (χ0v) is 12.5. The first-order valence-corrected chi connectivity index (χ1v) is 7.76. The topological polar surface area (TPSA) is 76.4 Å². The van der Waals surface area contributed by atoms with Crippen LogP contribution < -0.4 is 0 Å². The van der Waals surface area contributed by atoms with E-state index in [0.717, 1.165) is 69.6 Å². The minimum Gasteiger partial charge on any atom is -0.467 e. The lowest BCUT2D eigenvalue weighted by atomic mass is 10.1. The Morgan fingerprint density at radius 3 is 2.95 bits per heavy atom. The average Bonchev–Trinajstić information content (AvgIpc) is 3.29. The van der Waals surface area contributed by atoms with Crippen molar-refractivity contribution in [1.82, 2.24) is 20.1 Å². The lowest BCUT2D eigenvalue weighted by Crippen LogP contribution is -2.35. The van der Waals surface area contributed by atoms with Crippen molar-refractivity contribution in [2.45, 2.75) is 18.9 Å². The van der Waals surface area contributed by atoms with Gasteiger partial charge in [-0.2, -0.15) is 5.10 Å². The van der Waals surface area contributed by atoms with Crippen molar-refractivity contribution in [3.63, 3.8) is 0 Å². The van der Waals surface area contributed by atoms with Crippen molar-refractivity contribution in [2.24, 2.45) is 0 Å². The molecule has 2 aromatic rings. The Bertz CT molecular complexity index is 612. The third kappa shape index (κ3) is 2.92. The molecule has 118 valence electrons. The van der Waals surface area contributed by atoms with Gasteiger partial charge >= 0.3 is 0 Å². The molecule has 4 rings (SSSR count). The van der Waals surface area contributed by atoms with Crippen LogP contribution in [0.3, 0.4) is 0 Å². The van der Waals surface area contributed by atoms with E-state index in [1.54, 1.807) is 6.26 Å². The molecule has 0 bridgehead atoms. The molecule has 4 heterocycles. The molecule has 2 aliphatic rings. The minimum atomic E-state index is 0.334. The van der Waals surface area contributed by atoms with E-state index < -0.39 is 0 Å². The summed E-state index contributed by atoms with van der Waals surface area (Å²) in [6.45, 7) is 5.81. The Morgan fingerprint density at radius 2 is 2.14 bits per heavy atom. The minimum absolute atomic E-state index is 0.334. The van der Waals surface area contributed by atoms with Crippen LogP contribution in [0.15, 0.2) is 16.7 Å². The molecule has 2 aliphatic heterocycles. The van der Waals surface area contributed by atoms with Gasteiger partial charge in [0, 0.05) is 25.6 Å². The number of nitrogens with one attached hydrogen (secondary N) is 1. The first-order valence-electron chi connectivity index (χ1n) is 7.76. The molecule has 0 radical (unpaired) electrons. The number of ether oxygens (including phenoxy) is 2. The van der Waals surface area contributed by atoms with Gasteiger partial charge in [0.2, 0.25) is 0 Å². The predicted molar refractivity (Wildman–Crippen MR) is 78.4 cm³/mol. The first-order chi connectivity index (χ1) is 10.9. The highest BCUT2D eigenvalue weighted by molar-refractivity contribution is 5.53. The van der Waals surface area contributed by atoms with Crippen LogP contribution in [-0.4, -0.2) is 59.6 Å². The molecule has 7 nitrogen and oxygen atoms in total. The molecule has 2 saturated heterocycles. The molecular formula is C15H20N4O3. The van der Waals surface area contributed by atoms with E-state index in [1.165, 1.54) is 0 Å². The van der Waals surface area contributed by atoms with Crippen molar-refractivity contribution < 1.29 is 13.9 Å². The van der Waals surface area contributed by atoms with E-state index in [1.807, 2.05) is 6.07 Å². The lowest BCUT2D eigenvalue weighted by Gasteiger charge is -2.25. The summed E-state index contributed by atoms with van der Waals surface area (Å²) >= 11 is 0. The molecule has 0 aromatic carbocycles. The van der Waals surface area contributed by atoms with Gasteiger partial charge < -0.3 is 13.9 Å². The van der Waals surface area contributed by atoms with E-state index in [4.69, 9.17) is 13.9 Å². The van der Waals surface area contributed by atoms with E-state index in [9.17, 15) is 0 Å². The van der Waals surface area contributed by atoms with Gasteiger partial charge in [-0.1, -0.05) is 0 Å². The Kier molecular flexibility index (Phi) is 3.92. The van der Waals surface area contributed by atoms with Crippen LogP contribution >= 0.6 is 0 Å². The number of rotatable bonds is 4. The van der Waals surface area contributed by atoms with Crippen LogP contribution in [0, 0.1) is 0 Å². The average molecular weight is 304 g/mol. The van der Waals surface area contributed by atoms with Gasteiger partial charge in [-0.05, 0) is 12.5 Å². The van der Waals surface area contributed by atoms with E-state index in [2.05, 4.69) is 20.1 Å². The fourth-order valence-corrected chi connectivity index (χ4v) is 2.90. The molecular weight excluding hydrogens is 284 g/mol. The first kappa shape index (κ1) is 13.9. The Balaban J connectivity index is 1.44. The highest BCUT2D eigenvalue weighted by Gasteiger charge is 2.22. The fourth-order valence-electron chi connectivity index (χ4n) is 2.90. The maximum atomic E-state index is 5.66. The number of nitrogens with zero attached hydrogens (tertiary/aromatic N) is 3. The summed E-state index contributed by atoms with van der Waals surface area (Å²) in [5.74, 6) is 2.87. The second-order valence-corrected chi connectivity index (χ2v) is 5.79. The summed E-state index contributed by atoms with van der Waals surface area (Å²) in [5.41, 5.74) is 0.921. The smallest absolute Gasteiger partial charge is 0.184 e. The summed E-state index contributed by atoms with van der Waals surface area (Å²) in [6.07, 6.45) is 2.73. The van der Waals surface area contributed by atoms with Crippen LogP contribution in [0.2, 0.25) is 0 Å². The molecule has 1 N–H and O–H groups in total.